The molecule has 2 aliphatic rings. The van der Waals surface area contributed by atoms with Gasteiger partial charge in [0.25, 0.3) is 0 Å². The summed E-state index contributed by atoms with van der Waals surface area (Å²) >= 11 is 0. The molecule has 0 saturated heterocycles. The largest absolute Gasteiger partial charge is 0.310 e. The number of anilines is 3. The van der Waals surface area contributed by atoms with Crippen LogP contribution in [0.3, 0.4) is 0 Å². The molecule has 7 aromatic rings. The highest BCUT2D eigenvalue weighted by Crippen LogP contribution is 2.63. The summed E-state index contributed by atoms with van der Waals surface area (Å²) in [5, 5.41) is 2.03. The van der Waals surface area contributed by atoms with E-state index in [2.05, 4.69) is 77.8 Å². The molecule has 2 aliphatic carbocycles. The van der Waals surface area contributed by atoms with E-state index < -0.39 is 17.0 Å². The van der Waals surface area contributed by atoms with Gasteiger partial charge in [-0.2, -0.15) is 0 Å². The van der Waals surface area contributed by atoms with Crippen molar-refractivity contribution < 1.29 is 8.78 Å². The number of hydrogen-bond acceptors (Lipinski definition) is 2. The summed E-state index contributed by atoms with van der Waals surface area (Å²) in [4.78, 5) is 6.51. The molecule has 0 N–H and O–H groups in total. The molecule has 0 unspecified atom stereocenters. The van der Waals surface area contributed by atoms with Crippen molar-refractivity contribution in [2.24, 2.45) is 0 Å². The van der Waals surface area contributed by atoms with Gasteiger partial charge in [0, 0.05) is 35.1 Å². The first-order chi connectivity index (χ1) is 21.6. The first-order valence-corrected chi connectivity index (χ1v) is 14.7. The third-order valence-electron chi connectivity index (χ3n) is 9.25. The van der Waals surface area contributed by atoms with Gasteiger partial charge in [0.1, 0.15) is 11.6 Å². The second kappa shape index (κ2) is 9.19. The monoisotopic (exact) mass is 570 g/mol. The molecule has 4 heteroatoms. The van der Waals surface area contributed by atoms with Crippen molar-refractivity contribution in [1.29, 1.82) is 0 Å². The van der Waals surface area contributed by atoms with Crippen molar-refractivity contribution in [3.8, 4) is 22.3 Å². The number of rotatable bonds is 3. The van der Waals surface area contributed by atoms with Gasteiger partial charge in [0.15, 0.2) is 0 Å². The molecule has 0 aliphatic heterocycles. The fraction of sp³-hybridized carbons (Fsp3) is 0.0250. The first-order valence-electron chi connectivity index (χ1n) is 14.7. The summed E-state index contributed by atoms with van der Waals surface area (Å²) in [5.41, 5.74) is 11.0. The minimum atomic E-state index is -0.626. The number of benzene rings is 6. The van der Waals surface area contributed by atoms with Gasteiger partial charge in [-0.1, -0.05) is 91.0 Å². The van der Waals surface area contributed by atoms with E-state index in [1.165, 1.54) is 45.5 Å². The summed E-state index contributed by atoms with van der Waals surface area (Å²) in [7, 11) is 0. The van der Waals surface area contributed by atoms with E-state index >= 15 is 0 Å². The van der Waals surface area contributed by atoms with E-state index in [0.717, 1.165) is 39.3 Å². The predicted octanol–water partition coefficient (Wildman–Crippen LogP) is 10.3. The standard InChI is InChI=1S/C40H24F2N2/c41-26-20-27(42)22-29(21-26)44(39-15-7-9-25-8-1-2-10-30(25)39)28-16-17-37-33(23-28)34-24-43-19-18-38(34)40(37)35-13-5-3-11-31(35)32-12-4-6-14-36(32)40/h1-24H. The molecule has 0 atom stereocenters. The molecule has 0 radical (unpaired) electrons. The van der Waals surface area contributed by atoms with E-state index in [1.807, 2.05) is 59.8 Å². The van der Waals surface area contributed by atoms with Crippen molar-refractivity contribution in [3.05, 3.63) is 180 Å². The summed E-state index contributed by atoms with van der Waals surface area (Å²) in [5.74, 6) is -1.25. The highest BCUT2D eigenvalue weighted by atomic mass is 19.1. The highest BCUT2D eigenvalue weighted by Gasteiger charge is 2.51. The molecular weight excluding hydrogens is 546 g/mol. The Bertz CT molecular complexity index is 2220. The molecule has 1 aromatic heterocycles. The molecule has 2 nitrogen and oxygen atoms in total. The molecule has 6 aromatic carbocycles. The summed E-state index contributed by atoms with van der Waals surface area (Å²) in [6.07, 6.45) is 3.81. The second-order valence-electron chi connectivity index (χ2n) is 11.5. The predicted molar refractivity (Wildman–Crippen MR) is 173 cm³/mol. The van der Waals surface area contributed by atoms with Crippen molar-refractivity contribution in [3.63, 3.8) is 0 Å². The molecule has 0 saturated carbocycles. The lowest BCUT2D eigenvalue weighted by atomic mass is 9.71. The van der Waals surface area contributed by atoms with Crippen LogP contribution in [0.5, 0.6) is 0 Å². The lowest BCUT2D eigenvalue weighted by Crippen LogP contribution is -2.25. The van der Waals surface area contributed by atoms with Crippen LogP contribution in [-0.2, 0) is 5.41 Å². The minimum Gasteiger partial charge on any atom is -0.310 e. The number of fused-ring (bicyclic) bond motifs is 11. The molecular formula is C40H24F2N2. The Kier molecular flexibility index (Phi) is 5.21. The molecule has 208 valence electrons. The van der Waals surface area contributed by atoms with Gasteiger partial charge in [-0.05, 0) is 80.7 Å². The van der Waals surface area contributed by atoms with Gasteiger partial charge in [-0.25, -0.2) is 8.78 Å². The van der Waals surface area contributed by atoms with Gasteiger partial charge in [-0.3, -0.25) is 4.98 Å². The Morgan fingerprint density at radius 2 is 1.14 bits per heavy atom. The molecule has 1 heterocycles. The summed E-state index contributed by atoms with van der Waals surface area (Å²) < 4.78 is 29.5. The van der Waals surface area contributed by atoms with Gasteiger partial charge >= 0.3 is 0 Å². The number of nitrogens with zero attached hydrogens (tertiary/aromatic N) is 2. The van der Waals surface area contributed by atoms with Gasteiger partial charge in [0.05, 0.1) is 16.8 Å². The van der Waals surface area contributed by atoms with Crippen molar-refractivity contribution in [1.82, 2.24) is 4.98 Å². The van der Waals surface area contributed by atoms with E-state index in [9.17, 15) is 8.78 Å². The third-order valence-corrected chi connectivity index (χ3v) is 9.25. The number of pyridine rings is 1. The molecule has 0 fully saturated rings. The zero-order valence-corrected chi connectivity index (χ0v) is 23.5. The van der Waals surface area contributed by atoms with Crippen LogP contribution >= 0.6 is 0 Å². The quantitative estimate of drug-likeness (QED) is 0.210. The van der Waals surface area contributed by atoms with E-state index in [0.29, 0.717) is 5.69 Å². The SMILES string of the molecule is Fc1cc(F)cc(N(c2ccc3c(c2)-c2cnccc2C32c3ccccc3-c3ccccc32)c2cccc3ccccc23)c1. The molecule has 0 amide bonds. The van der Waals surface area contributed by atoms with E-state index in [4.69, 9.17) is 0 Å². The minimum absolute atomic E-state index is 0.412. The number of hydrogen-bond donors (Lipinski definition) is 0. The van der Waals surface area contributed by atoms with Crippen molar-refractivity contribution in [2.75, 3.05) is 4.90 Å². The van der Waals surface area contributed by atoms with Gasteiger partial charge < -0.3 is 4.90 Å². The van der Waals surface area contributed by atoms with E-state index in [1.54, 1.807) is 0 Å². The maximum atomic E-state index is 14.8. The Labute approximate surface area is 253 Å². The van der Waals surface area contributed by atoms with Crippen LogP contribution < -0.4 is 4.90 Å². The smallest absolute Gasteiger partial charge is 0.128 e. The lowest BCUT2D eigenvalue weighted by Gasteiger charge is -2.31. The van der Waals surface area contributed by atoms with Gasteiger partial charge in [-0.15, -0.1) is 0 Å². The Morgan fingerprint density at radius 3 is 1.91 bits per heavy atom. The van der Waals surface area contributed by atoms with Crippen molar-refractivity contribution in [2.45, 2.75) is 5.41 Å². The van der Waals surface area contributed by atoms with Crippen LogP contribution in [0.2, 0.25) is 0 Å². The van der Waals surface area contributed by atoms with Gasteiger partial charge in [0.2, 0.25) is 0 Å². The maximum absolute atomic E-state index is 14.8. The number of halogens is 2. The zero-order valence-electron chi connectivity index (χ0n) is 23.5. The van der Waals surface area contributed by atoms with Crippen LogP contribution in [0, 0.1) is 11.6 Å². The second-order valence-corrected chi connectivity index (χ2v) is 11.5. The Morgan fingerprint density at radius 1 is 0.500 bits per heavy atom. The van der Waals surface area contributed by atoms with Crippen LogP contribution in [-0.4, -0.2) is 4.98 Å². The number of aromatic nitrogens is 1. The highest BCUT2D eigenvalue weighted by molar-refractivity contribution is 6.00. The first kappa shape index (κ1) is 24.9. The zero-order chi connectivity index (χ0) is 29.4. The average molecular weight is 571 g/mol. The van der Waals surface area contributed by atoms with E-state index in [-0.39, 0.29) is 0 Å². The van der Waals surface area contributed by atoms with Crippen molar-refractivity contribution >= 4 is 27.8 Å². The molecule has 44 heavy (non-hydrogen) atoms. The average Bonchev–Trinajstić information content (AvgIpc) is 3.52. The topological polar surface area (TPSA) is 16.1 Å². The fourth-order valence-corrected chi connectivity index (χ4v) is 7.62. The normalized spacial score (nSPS) is 13.4. The third kappa shape index (κ3) is 3.31. The van der Waals surface area contributed by atoms with Crippen LogP contribution in [0.25, 0.3) is 33.0 Å². The molecule has 1 spiro atoms. The summed E-state index contributed by atoms with van der Waals surface area (Å²) in [6.45, 7) is 0. The maximum Gasteiger partial charge on any atom is 0.128 e. The fourth-order valence-electron chi connectivity index (χ4n) is 7.62. The van der Waals surface area contributed by atoms with Crippen LogP contribution in [0.15, 0.2) is 146 Å². The van der Waals surface area contributed by atoms with Crippen LogP contribution in [0.4, 0.5) is 25.8 Å². The van der Waals surface area contributed by atoms with Crippen LogP contribution in [0.1, 0.15) is 22.3 Å². The molecule has 0 bridgehead atoms. The Balaban J connectivity index is 1.35. The lowest BCUT2D eigenvalue weighted by molar-refractivity contribution is 0.584. The summed E-state index contributed by atoms with van der Waals surface area (Å²) in [6, 6.07) is 43.6. The molecule has 9 rings (SSSR count). The Hall–Kier alpha value is -5.61.